The zero-order chi connectivity index (χ0) is 18.2. The Kier molecular flexibility index (Phi) is 7.48. The Morgan fingerprint density at radius 2 is 1.27 bits per heavy atom. The average Bonchev–Trinajstić information content (AvgIpc) is 2.72. The van der Waals surface area contributed by atoms with E-state index in [0.29, 0.717) is 30.6 Å². The first-order valence-corrected chi connectivity index (χ1v) is 11.7. The van der Waals surface area contributed by atoms with E-state index in [0.717, 1.165) is 25.7 Å². The third-order valence-corrected chi connectivity index (χ3v) is 7.41. The van der Waals surface area contributed by atoms with Gasteiger partial charge in [0.25, 0.3) is 5.52 Å². The summed E-state index contributed by atoms with van der Waals surface area (Å²) in [6.07, 6.45) is 11.6. The van der Waals surface area contributed by atoms with Crippen LogP contribution in [0.2, 0.25) is 0 Å². The van der Waals surface area contributed by atoms with Gasteiger partial charge < -0.3 is 9.05 Å². The minimum absolute atomic E-state index is 0.362. The number of hydrogen-bond acceptors (Lipinski definition) is 4. The largest absolute Gasteiger partial charge is 0.401 e. The van der Waals surface area contributed by atoms with Crippen LogP contribution in [0.25, 0.3) is 0 Å². The lowest BCUT2D eigenvalue weighted by atomic mass is 9.90. The molecule has 0 aromatic heterocycles. The number of benzene rings is 1. The summed E-state index contributed by atoms with van der Waals surface area (Å²) in [6.45, 7) is 0.723. The molecule has 1 aromatic carbocycles. The van der Waals surface area contributed by atoms with Crippen molar-refractivity contribution in [2.45, 2.75) is 64.2 Å². The van der Waals surface area contributed by atoms with Gasteiger partial charge in [0.2, 0.25) is 0 Å². The predicted molar refractivity (Wildman–Crippen MR) is 103 cm³/mol. The molecule has 2 fully saturated rings. The standard InChI is InChI=1S/C21H31O4P/c22-21(20-14-8-3-9-15-20)26(23,24-16-18-10-4-1-5-11-18)25-17-19-12-6-2-7-13-19/h3,8-9,14-15,18-19H,1-2,4-7,10-13,16-17H2. The molecule has 0 spiro atoms. The van der Waals surface area contributed by atoms with Gasteiger partial charge in [0.05, 0.1) is 13.2 Å². The normalized spacial score (nSPS) is 20.2. The van der Waals surface area contributed by atoms with Crippen molar-refractivity contribution in [3.05, 3.63) is 35.9 Å². The van der Waals surface area contributed by atoms with Crippen molar-refractivity contribution in [2.24, 2.45) is 11.8 Å². The molecule has 26 heavy (non-hydrogen) atoms. The maximum atomic E-state index is 13.4. The highest BCUT2D eigenvalue weighted by atomic mass is 31.2. The van der Waals surface area contributed by atoms with Crippen molar-refractivity contribution in [3.8, 4) is 0 Å². The van der Waals surface area contributed by atoms with Gasteiger partial charge in [0, 0.05) is 5.56 Å². The lowest BCUT2D eigenvalue weighted by molar-refractivity contribution is 0.0936. The first-order valence-electron chi connectivity index (χ1n) is 10.2. The van der Waals surface area contributed by atoms with E-state index in [1.807, 2.05) is 6.07 Å². The van der Waals surface area contributed by atoms with Crippen LogP contribution in [-0.2, 0) is 13.6 Å². The van der Waals surface area contributed by atoms with E-state index in [-0.39, 0.29) is 0 Å². The Bertz CT molecular complexity index is 578. The molecule has 2 aliphatic rings. The Labute approximate surface area is 157 Å². The van der Waals surface area contributed by atoms with Gasteiger partial charge in [-0.25, -0.2) is 0 Å². The summed E-state index contributed by atoms with van der Waals surface area (Å²) in [6, 6.07) is 8.76. The third-order valence-electron chi connectivity index (χ3n) is 5.68. The summed E-state index contributed by atoms with van der Waals surface area (Å²) in [5.41, 5.74) is -0.0900. The molecule has 1 aromatic rings. The summed E-state index contributed by atoms with van der Waals surface area (Å²) in [4.78, 5) is 12.9. The topological polar surface area (TPSA) is 52.6 Å². The smallest absolute Gasteiger partial charge is 0.303 e. The fourth-order valence-electron chi connectivity index (χ4n) is 4.01. The highest BCUT2D eigenvalue weighted by Gasteiger charge is 2.37. The lowest BCUT2D eigenvalue weighted by Gasteiger charge is -2.26. The maximum absolute atomic E-state index is 13.4. The van der Waals surface area contributed by atoms with Crippen molar-refractivity contribution < 1.29 is 18.4 Å². The van der Waals surface area contributed by atoms with Gasteiger partial charge in [-0.15, -0.1) is 0 Å². The van der Waals surface area contributed by atoms with Crippen LogP contribution in [0.4, 0.5) is 0 Å². The molecular formula is C21H31O4P. The molecule has 0 bridgehead atoms. The first-order chi connectivity index (χ1) is 12.7. The van der Waals surface area contributed by atoms with E-state index in [9.17, 15) is 9.36 Å². The van der Waals surface area contributed by atoms with Gasteiger partial charge in [-0.05, 0) is 37.5 Å². The molecule has 0 unspecified atom stereocenters. The Balaban J connectivity index is 1.66. The molecule has 2 aliphatic carbocycles. The van der Waals surface area contributed by atoms with E-state index < -0.39 is 13.1 Å². The molecule has 0 N–H and O–H groups in total. The van der Waals surface area contributed by atoms with Gasteiger partial charge in [-0.3, -0.25) is 9.36 Å². The van der Waals surface area contributed by atoms with Crippen molar-refractivity contribution in [1.29, 1.82) is 0 Å². The minimum Gasteiger partial charge on any atom is -0.303 e. The highest BCUT2D eigenvalue weighted by molar-refractivity contribution is 7.72. The summed E-state index contributed by atoms with van der Waals surface area (Å²) in [5.74, 6) is 0.776. The van der Waals surface area contributed by atoms with E-state index in [2.05, 4.69) is 0 Å². The molecular weight excluding hydrogens is 347 g/mol. The van der Waals surface area contributed by atoms with Gasteiger partial charge in [-0.2, -0.15) is 0 Å². The number of hydrogen-bond donors (Lipinski definition) is 0. The number of carbonyl (C=O) groups is 1. The van der Waals surface area contributed by atoms with Gasteiger partial charge in [0.15, 0.2) is 0 Å². The quantitative estimate of drug-likeness (QED) is 0.504. The van der Waals surface area contributed by atoms with Crippen LogP contribution in [0, 0.1) is 11.8 Å². The summed E-state index contributed by atoms with van der Waals surface area (Å²) in [5, 5.41) is 0. The zero-order valence-corrected chi connectivity index (χ0v) is 16.5. The lowest BCUT2D eigenvalue weighted by Crippen LogP contribution is -2.18. The first kappa shape index (κ1) is 19.8. The number of rotatable bonds is 8. The van der Waals surface area contributed by atoms with Crippen LogP contribution >= 0.6 is 7.60 Å². The van der Waals surface area contributed by atoms with Crippen LogP contribution < -0.4 is 0 Å². The maximum Gasteiger partial charge on any atom is 0.401 e. The SMILES string of the molecule is O=C(c1ccccc1)P(=O)(OCC1CCCCC1)OCC1CCCCC1. The molecule has 0 heterocycles. The minimum atomic E-state index is -3.80. The Morgan fingerprint density at radius 3 is 1.73 bits per heavy atom. The molecule has 0 saturated heterocycles. The van der Waals surface area contributed by atoms with Crippen molar-refractivity contribution in [1.82, 2.24) is 0 Å². The Hall–Kier alpha value is -0.960. The van der Waals surface area contributed by atoms with Crippen LogP contribution in [0.3, 0.4) is 0 Å². The zero-order valence-electron chi connectivity index (χ0n) is 15.6. The predicted octanol–water partition coefficient (Wildman–Crippen LogP) is 6.21. The van der Waals surface area contributed by atoms with Gasteiger partial charge in [-0.1, -0.05) is 68.9 Å². The van der Waals surface area contributed by atoms with Crippen LogP contribution in [-0.4, -0.2) is 18.7 Å². The van der Waals surface area contributed by atoms with E-state index in [1.54, 1.807) is 24.3 Å². The van der Waals surface area contributed by atoms with Crippen LogP contribution in [0.15, 0.2) is 30.3 Å². The molecule has 0 aliphatic heterocycles. The summed E-state index contributed by atoms with van der Waals surface area (Å²) in [7, 11) is -3.80. The second-order valence-corrected chi connectivity index (χ2v) is 9.69. The van der Waals surface area contributed by atoms with Crippen LogP contribution in [0.1, 0.15) is 74.6 Å². The Morgan fingerprint density at radius 1 is 0.808 bits per heavy atom. The van der Waals surface area contributed by atoms with Gasteiger partial charge >= 0.3 is 7.60 Å². The van der Waals surface area contributed by atoms with E-state index >= 15 is 0 Å². The highest BCUT2D eigenvalue weighted by Crippen LogP contribution is 2.52. The average molecular weight is 378 g/mol. The molecule has 5 heteroatoms. The second-order valence-electron chi connectivity index (χ2n) is 7.77. The van der Waals surface area contributed by atoms with Crippen molar-refractivity contribution in [2.75, 3.05) is 13.2 Å². The fourth-order valence-corrected chi connectivity index (χ4v) is 5.60. The van der Waals surface area contributed by atoms with Crippen LogP contribution in [0.5, 0.6) is 0 Å². The van der Waals surface area contributed by atoms with Gasteiger partial charge in [0.1, 0.15) is 0 Å². The van der Waals surface area contributed by atoms with Crippen molar-refractivity contribution in [3.63, 3.8) is 0 Å². The fraction of sp³-hybridized carbons (Fsp3) is 0.667. The van der Waals surface area contributed by atoms with E-state index in [1.165, 1.54) is 38.5 Å². The summed E-state index contributed by atoms with van der Waals surface area (Å²) >= 11 is 0. The molecule has 2 saturated carbocycles. The number of carbonyl (C=O) groups excluding carboxylic acids is 1. The molecule has 144 valence electrons. The molecule has 0 radical (unpaired) electrons. The monoisotopic (exact) mass is 378 g/mol. The summed E-state index contributed by atoms with van der Waals surface area (Å²) < 4.78 is 24.9. The van der Waals surface area contributed by atoms with Crippen molar-refractivity contribution >= 4 is 13.1 Å². The third kappa shape index (κ3) is 5.52. The molecule has 0 amide bonds. The molecule has 3 rings (SSSR count). The molecule has 0 atom stereocenters. The molecule has 4 nitrogen and oxygen atoms in total. The second kappa shape index (κ2) is 9.82. The van der Waals surface area contributed by atoms with E-state index in [4.69, 9.17) is 9.05 Å².